The van der Waals surface area contributed by atoms with Crippen molar-refractivity contribution in [3.05, 3.63) is 12.2 Å². The summed E-state index contributed by atoms with van der Waals surface area (Å²) in [6.07, 6.45) is 3.22. The van der Waals surface area contributed by atoms with Gasteiger partial charge >= 0.3 is 0 Å². The normalized spacial score (nSPS) is 20.9. The van der Waals surface area contributed by atoms with Crippen LogP contribution in [0, 0.1) is 0 Å². The fourth-order valence-electron chi connectivity index (χ4n) is 0.834. The van der Waals surface area contributed by atoms with Gasteiger partial charge in [0.1, 0.15) is 5.72 Å². The Bertz CT molecular complexity index is 119. The van der Waals surface area contributed by atoms with Crippen LogP contribution >= 0.6 is 0 Å². The molecule has 4 N–H and O–H groups in total. The molecular weight excluding hydrogens is 128 g/mol. The van der Waals surface area contributed by atoms with Gasteiger partial charge in [0.15, 0.2) is 0 Å². The molecule has 60 valence electrons. The van der Waals surface area contributed by atoms with E-state index in [-0.39, 0.29) is 6.17 Å². The average molecular weight is 144 g/mol. The molecule has 0 rings (SSSR count). The Hall–Kier alpha value is -0.380. The van der Waals surface area contributed by atoms with Gasteiger partial charge in [0.25, 0.3) is 0 Å². The van der Waals surface area contributed by atoms with Crippen LogP contribution in [0.1, 0.15) is 20.8 Å². The van der Waals surface area contributed by atoms with Crippen LogP contribution in [-0.2, 0) is 0 Å². The standard InChI is InChI=1S/C7H16N2O/c1-4-5-7(3,10)9-6(2)8/h4-6,9-10H,8H2,1-3H3/b5-4-. The molecule has 0 spiro atoms. The first-order chi connectivity index (χ1) is 4.48. The number of nitrogens with two attached hydrogens (primary N) is 1. The minimum atomic E-state index is -0.983. The second-order valence-electron chi connectivity index (χ2n) is 2.58. The molecule has 0 saturated heterocycles. The zero-order chi connectivity index (χ0) is 8.20. The largest absolute Gasteiger partial charge is 0.372 e. The summed E-state index contributed by atoms with van der Waals surface area (Å²) in [6, 6.07) is 0. The molecule has 3 heteroatoms. The Balaban J connectivity index is 3.86. The van der Waals surface area contributed by atoms with Crippen molar-refractivity contribution < 1.29 is 5.11 Å². The van der Waals surface area contributed by atoms with Gasteiger partial charge in [0, 0.05) is 0 Å². The van der Waals surface area contributed by atoms with E-state index in [2.05, 4.69) is 5.32 Å². The highest BCUT2D eigenvalue weighted by Crippen LogP contribution is 1.99. The first kappa shape index (κ1) is 9.62. The Kier molecular flexibility index (Phi) is 3.57. The molecule has 0 aliphatic heterocycles. The van der Waals surface area contributed by atoms with Gasteiger partial charge in [0.05, 0.1) is 6.17 Å². The van der Waals surface area contributed by atoms with E-state index < -0.39 is 5.72 Å². The second kappa shape index (κ2) is 3.71. The molecule has 0 aromatic rings. The van der Waals surface area contributed by atoms with Crippen molar-refractivity contribution in [1.29, 1.82) is 0 Å². The highest BCUT2D eigenvalue weighted by molar-refractivity contribution is 4.94. The van der Waals surface area contributed by atoms with E-state index in [9.17, 15) is 5.11 Å². The minimum Gasteiger partial charge on any atom is -0.372 e. The number of hydrogen-bond donors (Lipinski definition) is 3. The molecule has 0 amide bonds. The summed E-state index contributed by atoms with van der Waals surface area (Å²) < 4.78 is 0. The van der Waals surface area contributed by atoms with Crippen molar-refractivity contribution in [2.75, 3.05) is 0 Å². The van der Waals surface area contributed by atoms with E-state index in [1.807, 2.05) is 6.92 Å². The van der Waals surface area contributed by atoms with Crippen LogP contribution in [-0.4, -0.2) is 17.0 Å². The predicted octanol–water partition coefficient (Wildman–Crippen LogP) is 0.165. The molecule has 0 aromatic carbocycles. The molecule has 0 heterocycles. The molecule has 0 aliphatic rings. The van der Waals surface area contributed by atoms with Crippen LogP contribution in [0.5, 0.6) is 0 Å². The third kappa shape index (κ3) is 4.49. The van der Waals surface area contributed by atoms with Crippen LogP contribution < -0.4 is 11.1 Å². The number of hydrogen-bond acceptors (Lipinski definition) is 3. The molecular formula is C7H16N2O. The molecule has 0 saturated carbocycles. The van der Waals surface area contributed by atoms with Crippen LogP contribution in [0.3, 0.4) is 0 Å². The van der Waals surface area contributed by atoms with Gasteiger partial charge in [-0.3, -0.25) is 5.32 Å². The minimum absolute atomic E-state index is 0.203. The number of rotatable bonds is 3. The topological polar surface area (TPSA) is 58.3 Å². The summed E-state index contributed by atoms with van der Waals surface area (Å²) in [4.78, 5) is 0. The van der Waals surface area contributed by atoms with Crippen LogP contribution in [0.2, 0.25) is 0 Å². The molecule has 0 fully saturated rings. The van der Waals surface area contributed by atoms with Crippen molar-refractivity contribution in [1.82, 2.24) is 5.32 Å². The lowest BCUT2D eigenvalue weighted by atomic mass is 10.2. The maximum Gasteiger partial charge on any atom is 0.133 e. The second-order valence-corrected chi connectivity index (χ2v) is 2.58. The Morgan fingerprint density at radius 2 is 2.20 bits per heavy atom. The number of allylic oxidation sites excluding steroid dienone is 1. The maximum atomic E-state index is 9.41. The van der Waals surface area contributed by atoms with E-state index >= 15 is 0 Å². The van der Waals surface area contributed by atoms with Gasteiger partial charge in [-0.1, -0.05) is 6.08 Å². The van der Waals surface area contributed by atoms with Gasteiger partial charge in [-0.2, -0.15) is 0 Å². The van der Waals surface area contributed by atoms with Crippen molar-refractivity contribution in [2.24, 2.45) is 5.73 Å². The van der Waals surface area contributed by atoms with Crippen molar-refractivity contribution in [2.45, 2.75) is 32.7 Å². The third-order valence-corrected chi connectivity index (χ3v) is 1.01. The molecule has 0 bridgehead atoms. The summed E-state index contributed by atoms with van der Waals surface area (Å²) in [7, 11) is 0. The van der Waals surface area contributed by atoms with Crippen molar-refractivity contribution in [3.8, 4) is 0 Å². The molecule has 10 heavy (non-hydrogen) atoms. The van der Waals surface area contributed by atoms with Gasteiger partial charge in [-0.05, 0) is 26.8 Å². The SMILES string of the molecule is C/C=C\C(C)(O)NC(C)N. The van der Waals surface area contributed by atoms with Gasteiger partial charge in [-0.15, -0.1) is 0 Å². The fraction of sp³-hybridized carbons (Fsp3) is 0.714. The molecule has 3 nitrogen and oxygen atoms in total. The van der Waals surface area contributed by atoms with Crippen LogP contribution in [0.25, 0.3) is 0 Å². The molecule has 2 atom stereocenters. The maximum absolute atomic E-state index is 9.41. The molecule has 0 aliphatic carbocycles. The lowest BCUT2D eigenvalue weighted by molar-refractivity contribution is 0.0634. The zero-order valence-electron chi connectivity index (χ0n) is 6.76. The smallest absolute Gasteiger partial charge is 0.133 e. The molecule has 0 aromatic heterocycles. The number of nitrogens with one attached hydrogen (secondary N) is 1. The summed E-state index contributed by atoms with van der Waals surface area (Å²) in [5, 5.41) is 12.2. The first-order valence-electron chi connectivity index (χ1n) is 3.37. The lowest BCUT2D eigenvalue weighted by Gasteiger charge is -2.23. The van der Waals surface area contributed by atoms with E-state index in [0.717, 1.165) is 0 Å². The Morgan fingerprint density at radius 3 is 2.50 bits per heavy atom. The summed E-state index contributed by atoms with van der Waals surface area (Å²) in [6.45, 7) is 5.27. The highest BCUT2D eigenvalue weighted by atomic mass is 16.3. The summed E-state index contributed by atoms with van der Waals surface area (Å²) >= 11 is 0. The quantitative estimate of drug-likeness (QED) is 0.391. The first-order valence-corrected chi connectivity index (χ1v) is 3.37. The number of aliphatic hydroxyl groups is 1. The Labute approximate surface area is 61.9 Å². The van der Waals surface area contributed by atoms with E-state index in [0.29, 0.717) is 0 Å². The lowest BCUT2D eigenvalue weighted by Crippen LogP contribution is -2.49. The Morgan fingerprint density at radius 1 is 1.70 bits per heavy atom. The zero-order valence-corrected chi connectivity index (χ0v) is 6.76. The van der Waals surface area contributed by atoms with Crippen LogP contribution in [0.4, 0.5) is 0 Å². The van der Waals surface area contributed by atoms with E-state index in [1.54, 1.807) is 26.0 Å². The highest BCUT2D eigenvalue weighted by Gasteiger charge is 2.15. The van der Waals surface area contributed by atoms with Crippen molar-refractivity contribution in [3.63, 3.8) is 0 Å². The molecule has 0 radical (unpaired) electrons. The van der Waals surface area contributed by atoms with Gasteiger partial charge in [0.2, 0.25) is 0 Å². The average Bonchev–Trinajstić information content (AvgIpc) is 1.59. The van der Waals surface area contributed by atoms with Gasteiger partial charge < -0.3 is 10.8 Å². The molecule has 2 unspecified atom stereocenters. The van der Waals surface area contributed by atoms with Gasteiger partial charge in [-0.25, -0.2) is 0 Å². The van der Waals surface area contributed by atoms with E-state index in [1.165, 1.54) is 0 Å². The predicted molar refractivity (Wildman–Crippen MR) is 42.2 cm³/mol. The van der Waals surface area contributed by atoms with E-state index in [4.69, 9.17) is 5.73 Å². The summed E-state index contributed by atoms with van der Waals surface area (Å²) in [5.74, 6) is 0. The fourth-order valence-corrected chi connectivity index (χ4v) is 0.834. The van der Waals surface area contributed by atoms with Crippen LogP contribution in [0.15, 0.2) is 12.2 Å². The van der Waals surface area contributed by atoms with Crippen molar-refractivity contribution >= 4 is 0 Å². The summed E-state index contributed by atoms with van der Waals surface area (Å²) in [5.41, 5.74) is 4.42. The monoisotopic (exact) mass is 144 g/mol. The third-order valence-electron chi connectivity index (χ3n) is 1.01.